The summed E-state index contributed by atoms with van der Waals surface area (Å²) < 4.78 is 9.18. The van der Waals surface area contributed by atoms with Crippen molar-refractivity contribution in [3.05, 3.63) is 36.5 Å². The first-order chi connectivity index (χ1) is 19.2. The average molecular weight is 563 g/mol. The SMILES string of the molecule is CC=CCC1CCCC1.CC=CC[C@H](NC(C)=O)C(=O)OC.COC(=O)[C@H](CC=CCC1CCCC1)NC(C)=O. The molecule has 2 atom stereocenters. The topological polar surface area (TPSA) is 111 Å². The second kappa shape index (κ2) is 23.9. The smallest absolute Gasteiger partial charge is 0.328 e. The van der Waals surface area contributed by atoms with E-state index in [-0.39, 0.29) is 11.8 Å². The molecule has 8 heteroatoms. The Morgan fingerprint density at radius 1 is 0.650 bits per heavy atom. The Hall–Kier alpha value is -2.90. The second-order valence-electron chi connectivity index (χ2n) is 10.4. The number of carbonyl (C=O) groups excluding carboxylic acids is 4. The van der Waals surface area contributed by atoms with E-state index >= 15 is 0 Å². The Morgan fingerprint density at radius 2 is 1.02 bits per heavy atom. The average Bonchev–Trinajstić information content (AvgIpc) is 3.65. The number of allylic oxidation sites excluding steroid dienone is 4. The number of ether oxygens (including phenoxy) is 2. The van der Waals surface area contributed by atoms with E-state index in [2.05, 4.69) is 45.3 Å². The van der Waals surface area contributed by atoms with Gasteiger partial charge in [0, 0.05) is 13.8 Å². The Kier molecular flexibility index (Phi) is 22.2. The molecule has 0 aromatic carbocycles. The lowest BCUT2D eigenvalue weighted by molar-refractivity contribution is -0.145. The first-order valence-corrected chi connectivity index (χ1v) is 14.7. The normalized spacial score (nSPS) is 17.1. The molecular formula is C32H54N2O6. The lowest BCUT2D eigenvalue weighted by atomic mass is 10.0. The number of esters is 2. The zero-order valence-electron chi connectivity index (χ0n) is 25.7. The first-order valence-electron chi connectivity index (χ1n) is 14.7. The van der Waals surface area contributed by atoms with Crippen LogP contribution in [0.1, 0.15) is 105 Å². The number of nitrogens with one attached hydrogen (secondary N) is 2. The number of carbonyl (C=O) groups is 4. The van der Waals surface area contributed by atoms with E-state index in [1.54, 1.807) is 6.08 Å². The van der Waals surface area contributed by atoms with Crippen molar-refractivity contribution < 1.29 is 28.7 Å². The van der Waals surface area contributed by atoms with Crippen molar-refractivity contribution in [2.45, 2.75) is 117 Å². The minimum Gasteiger partial charge on any atom is -0.467 e. The summed E-state index contributed by atoms with van der Waals surface area (Å²) >= 11 is 0. The van der Waals surface area contributed by atoms with Gasteiger partial charge in [-0.05, 0) is 51.4 Å². The van der Waals surface area contributed by atoms with Crippen LogP contribution in [0, 0.1) is 11.8 Å². The van der Waals surface area contributed by atoms with Crippen LogP contribution in [-0.2, 0) is 28.7 Å². The zero-order chi connectivity index (χ0) is 30.2. The van der Waals surface area contributed by atoms with Crippen LogP contribution in [0.25, 0.3) is 0 Å². The summed E-state index contributed by atoms with van der Waals surface area (Å²) in [5, 5.41) is 5.09. The maximum atomic E-state index is 11.4. The van der Waals surface area contributed by atoms with Crippen molar-refractivity contribution >= 4 is 23.8 Å². The van der Waals surface area contributed by atoms with Crippen LogP contribution in [0.4, 0.5) is 0 Å². The van der Waals surface area contributed by atoms with E-state index in [1.165, 1.54) is 85.9 Å². The number of hydrogen-bond donors (Lipinski definition) is 2. The lowest BCUT2D eigenvalue weighted by Crippen LogP contribution is -2.39. The summed E-state index contributed by atoms with van der Waals surface area (Å²) in [7, 11) is 2.63. The quantitative estimate of drug-likeness (QED) is 0.224. The molecule has 0 spiro atoms. The number of hydrogen-bond acceptors (Lipinski definition) is 6. The van der Waals surface area contributed by atoms with Gasteiger partial charge in [-0.25, -0.2) is 9.59 Å². The molecule has 0 aromatic heterocycles. The molecule has 0 saturated heterocycles. The molecule has 2 aliphatic carbocycles. The third kappa shape index (κ3) is 19.2. The van der Waals surface area contributed by atoms with Gasteiger partial charge >= 0.3 is 11.9 Å². The fourth-order valence-electron chi connectivity index (χ4n) is 4.82. The van der Waals surface area contributed by atoms with Crippen LogP contribution in [0.2, 0.25) is 0 Å². The maximum absolute atomic E-state index is 11.4. The highest BCUT2D eigenvalue weighted by Gasteiger charge is 2.19. The summed E-state index contributed by atoms with van der Waals surface area (Å²) in [5.41, 5.74) is 0. The fraction of sp³-hybridized carbons (Fsp3) is 0.688. The summed E-state index contributed by atoms with van der Waals surface area (Å²) in [6.45, 7) is 6.72. The molecule has 8 nitrogen and oxygen atoms in total. The van der Waals surface area contributed by atoms with Gasteiger partial charge in [0.25, 0.3) is 0 Å². The molecule has 0 unspecified atom stereocenters. The summed E-state index contributed by atoms with van der Waals surface area (Å²) in [4.78, 5) is 44.2. The molecule has 0 aromatic rings. The standard InChI is InChI=1S/C14H23NO3.C9H15NO3.C9H16/c1-11(16)15-13(14(17)18-2)10-6-5-9-12-7-3-4-8-12;1-4-5-6-8(9(12)13-3)10-7(2)11;1-2-3-6-9-7-4-5-8-9/h5-6,12-13H,3-4,7-10H2,1-2H3,(H,15,16);4-5,8H,6H2,1-3H3,(H,10,11);2-3,9H,4-8H2,1H3/t13-;8-;/m00./s1. The molecular weight excluding hydrogens is 508 g/mol. The number of rotatable bonds is 12. The van der Waals surface area contributed by atoms with Gasteiger partial charge in [-0.3, -0.25) is 9.59 Å². The van der Waals surface area contributed by atoms with Gasteiger partial charge in [0.2, 0.25) is 11.8 Å². The summed E-state index contributed by atoms with van der Waals surface area (Å²) in [6.07, 6.45) is 26.8. The van der Waals surface area contributed by atoms with Gasteiger partial charge in [0.15, 0.2) is 0 Å². The Labute approximate surface area is 242 Å². The van der Waals surface area contributed by atoms with Crippen LogP contribution < -0.4 is 10.6 Å². The van der Waals surface area contributed by atoms with Gasteiger partial charge in [0.1, 0.15) is 12.1 Å². The highest BCUT2D eigenvalue weighted by Crippen LogP contribution is 2.28. The first kappa shape index (κ1) is 37.1. The van der Waals surface area contributed by atoms with E-state index in [4.69, 9.17) is 0 Å². The van der Waals surface area contributed by atoms with Gasteiger partial charge in [-0.1, -0.05) is 87.8 Å². The van der Waals surface area contributed by atoms with Crippen LogP contribution >= 0.6 is 0 Å². The molecule has 0 aliphatic heterocycles. The largest absolute Gasteiger partial charge is 0.467 e. The summed E-state index contributed by atoms with van der Waals surface area (Å²) in [6, 6.07) is -1.13. The molecule has 2 fully saturated rings. The molecule has 0 radical (unpaired) electrons. The van der Waals surface area contributed by atoms with E-state index in [0.717, 1.165) is 18.3 Å². The molecule has 2 rings (SSSR count). The van der Waals surface area contributed by atoms with Crippen LogP contribution in [0.15, 0.2) is 36.5 Å². The lowest BCUT2D eigenvalue weighted by Gasteiger charge is -2.13. The molecule has 40 heavy (non-hydrogen) atoms. The number of amides is 2. The molecule has 0 bridgehead atoms. The monoisotopic (exact) mass is 562 g/mol. The predicted molar refractivity (Wildman–Crippen MR) is 160 cm³/mol. The summed E-state index contributed by atoms with van der Waals surface area (Å²) in [5.74, 6) is 0.568. The molecule has 228 valence electrons. The van der Waals surface area contributed by atoms with E-state index in [1.807, 2.05) is 19.1 Å². The number of methoxy groups -OCH3 is 2. The van der Waals surface area contributed by atoms with E-state index < -0.39 is 24.0 Å². The molecule has 2 aliphatic rings. The van der Waals surface area contributed by atoms with Crippen molar-refractivity contribution in [3.63, 3.8) is 0 Å². The third-order valence-corrected chi connectivity index (χ3v) is 7.00. The third-order valence-electron chi connectivity index (χ3n) is 7.00. The predicted octanol–water partition coefficient (Wildman–Crippen LogP) is 5.96. The van der Waals surface area contributed by atoms with E-state index in [0.29, 0.717) is 12.8 Å². The molecule has 2 N–H and O–H groups in total. The van der Waals surface area contributed by atoms with E-state index in [9.17, 15) is 19.2 Å². The highest BCUT2D eigenvalue weighted by atomic mass is 16.5. The van der Waals surface area contributed by atoms with Crippen molar-refractivity contribution in [2.24, 2.45) is 11.8 Å². The zero-order valence-corrected chi connectivity index (χ0v) is 25.7. The Morgan fingerprint density at radius 3 is 1.38 bits per heavy atom. The Bertz CT molecular complexity index is 808. The minimum absolute atomic E-state index is 0.213. The van der Waals surface area contributed by atoms with Gasteiger partial charge in [-0.2, -0.15) is 0 Å². The Balaban J connectivity index is 0.000000606. The van der Waals surface area contributed by atoms with Crippen LogP contribution in [0.3, 0.4) is 0 Å². The van der Waals surface area contributed by atoms with Crippen LogP contribution in [-0.4, -0.2) is 50.1 Å². The minimum atomic E-state index is -0.571. The van der Waals surface area contributed by atoms with Gasteiger partial charge in [0.05, 0.1) is 14.2 Å². The fourth-order valence-corrected chi connectivity index (χ4v) is 4.82. The van der Waals surface area contributed by atoms with Crippen molar-refractivity contribution in [1.29, 1.82) is 0 Å². The second-order valence-corrected chi connectivity index (χ2v) is 10.4. The maximum Gasteiger partial charge on any atom is 0.328 e. The highest BCUT2D eigenvalue weighted by molar-refractivity contribution is 5.83. The van der Waals surface area contributed by atoms with Crippen LogP contribution in [0.5, 0.6) is 0 Å². The molecule has 0 heterocycles. The van der Waals surface area contributed by atoms with Crippen molar-refractivity contribution in [1.82, 2.24) is 10.6 Å². The van der Waals surface area contributed by atoms with Gasteiger partial charge in [-0.15, -0.1) is 0 Å². The van der Waals surface area contributed by atoms with Crippen molar-refractivity contribution in [3.8, 4) is 0 Å². The van der Waals surface area contributed by atoms with Gasteiger partial charge < -0.3 is 20.1 Å². The molecule has 2 amide bonds. The molecule has 2 saturated carbocycles. The van der Waals surface area contributed by atoms with Crippen molar-refractivity contribution in [2.75, 3.05) is 14.2 Å².